The minimum absolute atomic E-state index is 0.164. The van der Waals surface area contributed by atoms with Crippen molar-refractivity contribution in [3.05, 3.63) is 56.0 Å². The molecule has 0 aliphatic carbocycles. The average molecular weight is 408 g/mol. The van der Waals surface area contributed by atoms with E-state index in [2.05, 4.69) is 5.32 Å². The van der Waals surface area contributed by atoms with Gasteiger partial charge >= 0.3 is 5.97 Å². The Kier molecular flexibility index (Phi) is 6.18. The molecule has 24 heavy (non-hydrogen) atoms. The second-order valence-electron chi connectivity index (χ2n) is 4.61. The first kappa shape index (κ1) is 18.7. The second-order valence-corrected chi connectivity index (χ2v) is 6.26. The predicted octanol–water partition coefficient (Wildman–Crippen LogP) is 4.68. The molecule has 0 saturated heterocycles. The highest BCUT2D eigenvalue weighted by atomic mass is 35.5. The summed E-state index contributed by atoms with van der Waals surface area (Å²) in [5, 5.41) is 3.42. The monoisotopic (exact) mass is 406 g/mol. The summed E-state index contributed by atoms with van der Waals surface area (Å²) in [4.78, 5) is 23.7. The van der Waals surface area contributed by atoms with Gasteiger partial charge < -0.3 is 15.8 Å². The molecule has 2 aromatic carbocycles. The molecule has 5 nitrogen and oxygen atoms in total. The Morgan fingerprint density at radius 1 is 1.00 bits per heavy atom. The number of carbonyl (C=O) groups is 2. The molecule has 0 spiro atoms. The van der Waals surface area contributed by atoms with Gasteiger partial charge in [-0.05, 0) is 30.3 Å². The molecule has 0 atom stereocenters. The van der Waals surface area contributed by atoms with Crippen LogP contribution in [0.4, 0.5) is 11.4 Å². The van der Waals surface area contributed by atoms with Crippen LogP contribution in [0.2, 0.25) is 20.1 Å². The van der Waals surface area contributed by atoms with Crippen molar-refractivity contribution < 1.29 is 14.3 Å². The van der Waals surface area contributed by atoms with Crippen LogP contribution in [0.25, 0.3) is 0 Å². The summed E-state index contributed by atoms with van der Waals surface area (Å²) in [5.74, 6) is -1.33. The highest BCUT2D eigenvalue weighted by Crippen LogP contribution is 2.33. The quantitative estimate of drug-likeness (QED) is 0.569. The van der Waals surface area contributed by atoms with Crippen molar-refractivity contribution in [2.24, 2.45) is 0 Å². The van der Waals surface area contributed by atoms with Crippen LogP contribution in [0.1, 0.15) is 10.4 Å². The molecule has 2 aromatic rings. The van der Waals surface area contributed by atoms with E-state index >= 15 is 0 Å². The van der Waals surface area contributed by atoms with Crippen molar-refractivity contribution in [3.8, 4) is 0 Å². The molecule has 9 heteroatoms. The van der Waals surface area contributed by atoms with E-state index in [1.165, 1.54) is 30.3 Å². The maximum absolute atomic E-state index is 11.9. The Morgan fingerprint density at radius 2 is 1.62 bits per heavy atom. The number of carbonyl (C=O) groups excluding carboxylic acids is 2. The van der Waals surface area contributed by atoms with Crippen molar-refractivity contribution in [3.63, 3.8) is 0 Å². The van der Waals surface area contributed by atoms with E-state index in [-0.39, 0.29) is 27.0 Å². The first-order valence-corrected chi connectivity index (χ1v) is 7.95. The van der Waals surface area contributed by atoms with E-state index in [9.17, 15) is 9.59 Å². The lowest BCUT2D eigenvalue weighted by Gasteiger charge is -2.10. The third-order valence-corrected chi connectivity index (χ3v) is 4.00. The van der Waals surface area contributed by atoms with E-state index in [1.54, 1.807) is 0 Å². The molecular formula is C15H10Cl4N2O3. The Labute approximate surface area is 157 Å². The molecule has 1 amide bonds. The summed E-state index contributed by atoms with van der Waals surface area (Å²) in [6.07, 6.45) is 0. The summed E-state index contributed by atoms with van der Waals surface area (Å²) in [5.41, 5.74) is 6.19. The maximum Gasteiger partial charge on any atom is 0.338 e. The largest absolute Gasteiger partial charge is 0.452 e. The molecule has 0 aliphatic heterocycles. The number of hydrogen-bond acceptors (Lipinski definition) is 4. The van der Waals surface area contributed by atoms with Crippen LogP contribution < -0.4 is 11.1 Å². The smallest absolute Gasteiger partial charge is 0.338 e. The molecule has 2 rings (SSSR count). The second kappa shape index (κ2) is 7.94. The fourth-order valence-corrected chi connectivity index (χ4v) is 2.75. The van der Waals surface area contributed by atoms with Crippen LogP contribution in [-0.2, 0) is 9.53 Å². The summed E-state index contributed by atoms with van der Waals surface area (Å²) in [6.45, 7) is -0.531. The van der Waals surface area contributed by atoms with E-state index in [4.69, 9.17) is 56.9 Å². The van der Waals surface area contributed by atoms with Crippen LogP contribution in [0.5, 0.6) is 0 Å². The van der Waals surface area contributed by atoms with Gasteiger partial charge in [0.15, 0.2) is 6.61 Å². The van der Waals surface area contributed by atoms with E-state index < -0.39 is 18.5 Å². The van der Waals surface area contributed by atoms with Crippen LogP contribution in [0.3, 0.4) is 0 Å². The van der Waals surface area contributed by atoms with Gasteiger partial charge in [-0.15, -0.1) is 0 Å². The summed E-state index contributed by atoms with van der Waals surface area (Å²) in [6, 6.07) is 7.10. The molecule has 0 fully saturated rings. The Morgan fingerprint density at radius 3 is 2.21 bits per heavy atom. The summed E-state index contributed by atoms with van der Waals surface area (Å²) in [7, 11) is 0. The number of esters is 1. The number of anilines is 2. The molecular weight excluding hydrogens is 398 g/mol. The van der Waals surface area contributed by atoms with Gasteiger partial charge in [0.1, 0.15) is 0 Å². The van der Waals surface area contributed by atoms with Crippen molar-refractivity contribution >= 4 is 69.7 Å². The van der Waals surface area contributed by atoms with Gasteiger partial charge in [-0.25, -0.2) is 4.79 Å². The number of nitrogens with one attached hydrogen (secondary N) is 1. The Bertz CT molecular complexity index is 788. The topological polar surface area (TPSA) is 81.4 Å². The fourth-order valence-electron chi connectivity index (χ4n) is 1.72. The van der Waals surface area contributed by atoms with Crippen molar-refractivity contribution in [1.82, 2.24) is 0 Å². The average Bonchev–Trinajstić information content (AvgIpc) is 2.51. The van der Waals surface area contributed by atoms with Crippen molar-refractivity contribution in [2.75, 3.05) is 17.7 Å². The molecule has 0 radical (unpaired) electrons. The van der Waals surface area contributed by atoms with Gasteiger partial charge in [-0.3, -0.25) is 4.79 Å². The Hall–Kier alpha value is -1.66. The van der Waals surface area contributed by atoms with Gasteiger partial charge in [-0.2, -0.15) is 0 Å². The first-order chi connectivity index (χ1) is 11.3. The number of nitrogen functional groups attached to an aromatic ring is 1. The predicted molar refractivity (Wildman–Crippen MR) is 96.2 cm³/mol. The lowest BCUT2D eigenvalue weighted by Crippen LogP contribution is -2.21. The highest BCUT2D eigenvalue weighted by Gasteiger charge is 2.14. The number of ether oxygens (including phenoxy) is 1. The van der Waals surface area contributed by atoms with Gasteiger partial charge in [0.2, 0.25) is 0 Å². The third kappa shape index (κ3) is 4.68. The molecule has 0 saturated carbocycles. The SMILES string of the molecule is Nc1cc(C(=O)OCC(=O)Nc2c(Cl)cc(Cl)cc2Cl)ccc1Cl. The maximum atomic E-state index is 11.9. The van der Waals surface area contributed by atoms with Gasteiger partial charge in [0, 0.05) is 5.02 Å². The summed E-state index contributed by atoms with van der Waals surface area (Å²) < 4.78 is 4.90. The van der Waals surface area contributed by atoms with Gasteiger partial charge in [-0.1, -0.05) is 46.4 Å². The van der Waals surface area contributed by atoms with Crippen LogP contribution in [-0.4, -0.2) is 18.5 Å². The molecule has 0 unspecified atom stereocenters. The van der Waals surface area contributed by atoms with Crippen LogP contribution in [0.15, 0.2) is 30.3 Å². The summed E-state index contributed by atoms with van der Waals surface area (Å²) >= 11 is 23.5. The zero-order chi connectivity index (χ0) is 17.9. The highest BCUT2D eigenvalue weighted by molar-refractivity contribution is 6.42. The zero-order valence-corrected chi connectivity index (χ0v) is 14.9. The van der Waals surface area contributed by atoms with Crippen LogP contribution in [0, 0.1) is 0 Å². The van der Waals surface area contributed by atoms with E-state index in [1.807, 2.05) is 0 Å². The van der Waals surface area contributed by atoms with Gasteiger partial charge in [0.05, 0.1) is 32.0 Å². The normalized spacial score (nSPS) is 10.3. The van der Waals surface area contributed by atoms with Gasteiger partial charge in [0.25, 0.3) is 5.91 Å². The standard InChI is InChI=1S/C15H10Cl4N2O3/c16-8-4-10(18)14(11(19)5-8)21-13(22)6-24-15(23)7-1-2-9(17)12(20)3-7/h1-5H,6,20H2,(H,21,22). The minimum atomic E-state index is -0.721. The number of amides is 1. The molecule has 0 aliphatic rings. The number of halogens is 4. The van der Waals surface area contributed by atoms with Crippen molar-refractivity contribution in [1.29, 1.82) is 0 Å². The number of rotatable bonds is 4. The van der Waals surface area contributed by atoms with E-state index in [0.29, 0.717) is 10.0 Å². The lowest BCUT2D eigenvalue weighted by atomic mass is 10.2. The zero-order valence-electron chi connectivity index (χ0n) is 11.9. The number of hydrogen-bond donors (Lipinski definition) is 2. The van der Waals surface area contributed by atoms with Crippen LogP contribution >= 0.6 is 46.4 Å². The molecule has 126 valence electrons. The minimum Gasteiger partial charge on any atom is -0.452 e. The number of benzene rings is 2. The van der Waals surface area contributed by atoms with Crippen molar-refractivity contribution in [2.45, 2.75) is 0 Å². The molecule has 3 N–H and O–H groups in total. The lowest BCUT2D eigenvalue weighted by molar-refractivity contribution is -0.119. The molecule has 0 heterocycles. The van der Waals surface area contributed by atoms with E-state index in [0.717, 1.165) is 0 Å². The first-order valence-electron chi connectivity index (χ1n) is 6.44. The fraction of sp³-hybridized carbons (Fsp3) is 0.0667. The number of nitrogens with two attached hydrogens (primary N) is 1. The molecule has 0 aromatic heterocycles. The molecule has 0 bridgehead atoms. The third-order valence-electron chi connectivity index (χ3n) is 2.84. The Balaban J connectivity index is 1.98.